The molecule has 0 radical (unpaired) electrons. The van der Waals surface area contributed by atoms with E-state index in [1.807, 2.05) is 6.07 Å². The maximum Gasteiger partial charge on any atom is 0.310 e. The van der Waals surface area contributed by atoms with Crippen molar-refractivity contribution in [2.75, 3.05) is 7.11 Å². The summed E-state index contributed by atoms with van der Waals surface area (Å²) in [7, 11) is 1.33. The number of nitrogens with zero attached hydrogens (tertiary/aromatic N) is 1. The van der Waals surface area contributed by atoms with Crippen LogP contribution in [-0.2, 0) is 16.0 Å². The monoisotopic (exact) mass is 181 g/mol. The second-order valence-electron chi connectivity index (χ2n) is 2.18. The molecule has 0 unspecified atom stereocenters. The van der Waals surface area contributed by atoms with E-state index in [0.717, 1.165) is 5.56 Å². The lowest BCUT2D eigenvalue weighted by atomic mass is 10.1. The molecule has 0 aliphatic carbocycles. The SMILES string of the molecule is COC(=O)Cc1cscc1C#N. The van der Waals surface area contributed by atoms with Crippen molar-refractivity contribution in [1.82, 2.24) is 0 Å². The molecule has 0 fully saturated rings. The van der Waals surface area contributed by atoms with Gasteiger partial charge in [-0.05, 0) is 10.9 Å². The lowest BCUT2D eigenvalue weighted by Gasteiger charge is -1.95. The number of nitriles is 1. The zero-order chi connectivity index (χ0) is 8.97. The fourth-order valence-corrected chi connectivity index (χ4v) is 1.57. The fourth-order valence-electron chi connectivity index (χ4n) is 0.786. The summed E-state index contributed by atoms with van der Waals surface area (Å²) < 4.78 is 4.48. The smallest absolute Gasteiger partial charge is 0.310 e. The van der Waals surface area contributed by atoms with Gasteiger partial charge in [-0.1, -0.05) is 0 Å². The number of ether oxygens (including phenoxy) is 1. The lowest BCUT2D eigenvalue weighted by Crippen LogP contribution is -2.04. The lowest BCUT2D eigenvalue weighted by molar-refractivity contribution is -0.139. The van der Waals surface area contributed by atoms with Gasteiger partial charge in [0.2, 0.25) is 0 Å². The molecule has 0 amide bonds. The molecule has 3 nitrogen and oxygen atoms in total. The Morgan fingerprint density at radius 1 is 1.75 bits per heavy atom. The third-order valence-electron chi connectivity index (χ3n) is 1.43. The molecule has 12 heavy (non-hydrogen) atoms. The molecule has 4 heteroatoms. The van der Waals surface area contributed by atoms with Crippen molar-refractivity contribution in [3.8, 4) is 6.07 Å². The first-order chi connectivity index (χ1) is 5.77. The second kappa shape index (κ2) is 3.88. The van der Waals surface area contributed by atoms with Crippen molar-refractivity contribution in [1.29, 1.82) is 5.26 Å². The van der Waals surface area contributed by atoms with Gasteiger partial charge >= 0.3 is 5.97 Å². The van der Waals surface area contributed by atoms with Gasteiger partial charge < -0.3 is 4.74 Å². The number of methoxy groups -OCH3 is 1. The number of carbonyl (C=O) groups is 1. The summed E-state index contributed by atoms with van der Waals surface area (Å²) in [5.41, 5.74) is 1.31. The van der Waals surface area contributed by atoms with E-state index < -0.39 is 0 Å². The predicted octanol–water partition coefficient (Wildman–Crippen LogP) is 1.34. The van der Waals surface area contributed by atoms with Crippen molar-refractivity contribution in [2.24, 2.45) is 0 Å². The van der Waals surface area contributed by atoms with Crippen LogP contribution in [0.15, 0.2) is 10.8 Å². The first kappa shape index (κ1) is 8.75. The molecular weight excluding hydrogens is 174 g/mol. The number of thiophene rings is 1. The third-order valence-corrected chi connectivity index (χ3v) is 2.22. The molecule has 0 N–H and O–H groups in total. The highest BCUT2D eigenvalue weighted by Gasteiger charge is 2.07. The van der Waals surface area contributed by atoms with Gasteiger partial charge in [-0.2, -0.15) is 16.6 Å². The molecule has 1 heterocycles. The van der Waals surface area contributed by atoms with Gasteiger partial charge in [0.1, 0.15) is 6.07 Å². The Balaban J connectivity index is 2.76. The van der Waals surface area contributed by atoms with E-state index in [-0.39, 0.29) is 12.4 Å². The minimum atomic E-state index is -0.315. The predicted molar refractivity (Wildman–Crippen MR) is 44.8 cm³/mol. The average molecular weight is 181 g/mol. The average Bonchev–Trinajstić information content (AvgIpc) is 2.51. The van der Waals surface area contributed by atoms with Gasteiger partial charge in [-0.3, -0.25) is 4.79 Å². The van der Waals surface area contributed by atoms with Gasteiger partial charge in [-0.25, -0.2) is 0 Å². The van der Waals surface area contributed by atoms with Crippen LogP contribution in [0.4, 0.5) is 0 Å². The van der Waals surface area contributed by atoms with Gasteiger partial charge in [-0.15, -0.1) is 0 Å². The van der Waals surface area contributed by atoms with E-state index in [4.69, 9.17) is 5.26 Å². The van der Waals surface area contributed by atoms with Crippen LogP contribution in [0.5, 0.6) is 0 Å². The van der Waals surface area contributed by atoms with Gasteiger partial charge in [0, 0.05) is 5.38 Å². The number of carbonyl (C=O) groups excluding carboxylic acids is 1. The van der Waals surface area contributed by atoms with Crippen LogP contribution in [0.3, 0.4) is 0 Å². The topological polar surface area (TPSA) is 50.1 Å². The summed E-state index contributed by atoms with van der Waals surface area (Å²) in [4.78, 5) is 10.8. The van der Waals surface area contributed by atoms with E-state index >= 15 is 0 Å². The second-order valence-corrected chi connectivity index (χ2v) is 2.92. The van der Waals surface area contributed by atoms with E-state index in [1.54, 1.807) is 10.8 Å². The summed E-state index contributed by atoms with van der Waals surface area (Å²) in [5, 5.41) is 12.1. The first-order valence-electron chi connectivity index (χ1n) is 3.30. The summed E-state index contributed by atoms with van der Waals surface area (Å²) in [6.07, 6.45) is 0.183. The van der Waals surface area contributed by atoms with Crippen molar-refractivity contribution in [3.63, 3.8) is 0 Å². The molecule has 0 atom stereocenters. The molecule has 0 saturated heterocycles. The van der Waals surface area contributed by atoms with Crippen LogP contribution in [-0.4, -0.2) is 13.1 Å². The van der Waals surface area contributed by atoms with E-state index in [1.165, 1.54) is 18.4 Å². The van der Waals surface area contributed by atoms with Crippen LogP contribution in [0.2, 0.25) is 0 Å². The summed E-state index contributed by atoms with van der Waals surface area (Å²) in [6.45, 7) is 0. The minimum Gasteiger partial charge on any atom is -0.469 e. The van der Waals surface area contributed by atoms with E-state index in [0.29, 0.717) is 5.56 Å². The summed E-state index contributed by atoms with van der Waals surface area (Å²) in [6, 6.07) is 2.01. The molecule has 1 aromatic heterocycles. The number of hydrogen-bond donors (Lipinski definition) is 0. The molecule has 1 rings (SSSR count). The molecule has 62 valence electrons. The van der Waals surface area contributed by atoms with Gasteiger partial charge in [0.15, 0.2) is 0 Å². The van der Waals surface area contributed by atoms with Crippen LogP contribution in [0.1, 0.15) is 11.1 Å². The number of esters is 1. The highest BCUT2D eigenvalue weighted by Crippen LogP contribution is 2.14. The van der Waals surface area contributed by atoms with E-state index in [9.17, 15) is 4.79 Å². The first-order valence-corrected chi connectivity index (χ1v) is 4.24. The summed E-state index contributed by atoms with van der Waals surface area (Å²) in [5.74, 6) is -0.315. The van der Waals surface area contributed by atoms with Gasteiger partial charge in [0.05, 0.1) is 19.1 Å². The third kappa shape index (κ3) is 1.83. The van der Waals surface area contributed by atoms with E-state index in [2.05, 4.69) is 4.74 Å². The van der Waals surface area contributed by atoms with Crippen LogP contribution < -0.4 is 0 Å². The fraction of sp³-hybridized carbons (Fsp3) is 0.250. The van der Waals surface area contributed by atoms with Crippen LogP contribution in [0, 0.1) is 11.3 Å². The Bertz CT molecular complexity index is 324. The quantitative estimate of drug-likeness (QED) is 0.647. The Hall–Kier alpha value is -1.34. The Kier molecular flexibility index (Phi) is 2.83. The highest BCUT2D eigenvalue weighted by atomic mass is 32.1. The standard InChI is InChI=1S/C8H7NO2S/c1-11-8(10)2-6-4-12-5-7(6)3-9/h4-5H,2H2,1H3. The largest absolute Gasteiger partial charge is 0.469 e. The Morgan fingerprint density at radius 3 is 3.08 bits per heavy atom. The molecule has 0 saturated carbocycles. The van der Waals surface area contributed by atoms with Crippen molar-refractivity contribution in [3.05, 3.63) is 21.9 Å². The van der Waals surface area contributed by atoms with Crippen molar-refractivity contribution < 1.29 is 9.53 Å². The molecule has 0 aliphatic rings. The maximum atomic E-state index is 10.8. The minimum absolute atomic E-state index is 0.183. The molecule has 0 aromatic carbocycles. The Morgan fingerprint density at radius 2 is 2.50 bits per heavy atom. The van der Waals surface area contributed by atoms with Crippen LogP contribution >= 0.6 is 11.3 Å². The molecule has 1 aromatic rings. The molecule has 0 bridgehead atoms. The molecule has 0 spiro atoms. The van der Waals surface area contributed by atoms with Crippen LogP contribution in [0.25, 0.3) is 0 Å². The number of hydrogen-bond acceptors (Lipinski definition) is 4. The zero-order valence-corrected chi connectivity index (χ0v) is 7.35. The summed E-state index contributed by atoms with van der Waals surface area (Å²) >= 11 is 1.41. The number of rotatable bonds is 2. The van der Waals surface area contributed by atoms with Gasteiger partial charge in [0.25, 0.3) is 0 Å². The molecule has 0 aliphatic heterocycles. The molecular formula is C8H7NO2S. The normalized spacial score (nSPS) is 9.00. The Labute approximate surface area is 74.2 Å². The maximum absolute atomic E-state index is 10.8. The zero-order valence-electron chi connectivity index (χ0n) is 6.53. The van der Waals surface area contributed by atoms with Crippen molar-refractivity contribution >= 4 is 17.3 Å². The van der Waals surface area contributed by atoms with Crippen molar-refractivity contribution in [2.45, 2.75) is 6.42 Å². The highest BCUT2D eigenvalue weighted by molar-refractivity contribution is 7.08.